The maximum absolute atomic E-state index is 11.8. The van der Waals surface area contributed by atoms with E-state index in [9.17, 15) is 13.5 Å². The number of sulfonamides is 1. The maximum Gasteiger partial charge on any atom is 0.212 e. The zero-order valence-corrected chi connectivity index (χ0v) is 12.0. The summed E-state index contributed by atoms with van der Waals surface area (Å²) in [7, 11) is -3.39. The minimum Gasteiger partial charge on any atom is -0.394 e. The van der Waals surface area contributed by atoms with Crippen molar-refractivity contribution in [1.29, 1.82) is 0 Å². The van der Waals surface area contributed by atoms with Crippen molar-refractivity contribution in [2.75, 3.05) is 12.4 Å². The molecule has 1 rings (SSSR count). The lowest BCUT2D eigenvalue weighted by Gasteiger charge is -2.17. The summed E-state index contributed by atoms with van der Waals surface area (Å²) in [5, 5.41) is 9.86. The first-order chi connectivity index (χ1) is 8.34. The molecular formula is C12H18ClNO3S. The van der Waals surface area contributed by atoms with Gasteiger partial charge in [0, 0.05) is 5.02 Å². The summed E-state index contributed by atoms with van der Waals surface area (Å²) in [5.41, 5.74) is 0.689. The highest BCUT2D eigenvalue weighted by molar-refractivity contribution is 7.89. The first kappa shape index (κ1) is 15.4. The molecule has 4 nitrogen and oxygen atoms in total. The van der Waals surface area contributed by atoms with Gasteiger partial charge >= 0.3 is 0 Å². The molecule has 1 aromatic carbocycles. The number of halogens is 1. The molecule has 1 atom stereocenters. The molecule has 0 amide bonds. The van der Waals surface area contributed by atoms with Gasteiger partial charge in [0.05, 0.1) is 18.4 Å². The van der Waals surface area contributed by atoms with Crippen LogP contribution in [0.15, 0.2) is 24.3 Å². The van der Waals surface area contributed by atoms with Gasteiger partial charge in [0.2, 0.25) is 10.0 Å². The minimum absolute atomic E-state index is 0.0343. The van der Waals surface area contributed by atoms with Crippen LogP contribution in [0.1, 0.15) is 25.5 Å². The predicted octanol–water partition coefficient (Wildman–Crippen LogP) is 1.95. The van der Waals surface area contributed by atoms with Crippen LogP contribution in [0.5, 0.6) is 0 Å². The molecule has 0 aromatic heterocycles. The third-order valence-electron chi connectivity index (χ3n) is 2.33. The standard InChI is InChI=1S/C12H18ClNO3S/c1-9(2)8-18(16,17)14-12(7-15)10-3-5-11(13)6-4-10/h3-6,9,12,14-15H,7-8H2,1-2H3. The van der Waals surface area contributed by atoms with E-state index in [-0.39, 0.29) is 18.3 Å². The first-order valence-electron chi connectivity index (χ1n) is 5.70. The Hall–Kier alpha value is -0.620. The number of hydrogen-bond acceptors (Lipinski definition) is 3. The molecular weight excluding hydrogens is 274 g/mol. The molecule has 102 valence electrons. The van der Waals surface area contributed by atoms with Gasteiger partial charge in [0.1, 0.15) is 0 Å². The van der Waals surface area contributed by atoms with Crippen molar-refractivity contribution in [2.45, 2.75) is 19.9 Å². The molecule has 0 aliphatic carbocycles. The summed E-state index contributed by atoms with van der Waals surface area (Å²) < 4.78 is 26.1. The average Bonchev–Trinajstić information content (AvgIpc) is 2.25. The Morgan fingerprint density at radius 2 is 1.83 bits per heavy atom. The fourth-order valence-electron chi connectivity index (χ4n) is 1.61. The van der Waals surface area contributed by atoms with Crippen LogP contribution in [-0.2, 0) is 10.0 Å². The van der Waals surface area contributed by atoms with E-state index in [1.807, 2.05) is 13.8 Å². The Kier molecular flexibility index (Phi) is 5.59. The van der Waals surface area contributed by atoms with E-state index >= 15 is 0 Å². The lowest BCUT2D eigenvalue weighted by molar-refractivity contribution is 0.258. The fourth-order valence-corrected chi connectivity index (χ4v) is 3.35. The van der Waals surface area contributed by atoms with Crippen LogP contribution in [0.4, 0.5) is 0 Å². The van der Waals surface area contributed by atoms with Crippen molar-refractivity contribution in [2.24, 2.45) is 5.92 Å². The van der Waals surface area contributed by atoms with Gasteiger partial charge in [-0.2, -0.15) is 0 Å². The van der Waals surface area contributed by atoms with Gasteiger partial charge in [0.25, 0.3) is 0 Å². The summed E-state index contributed by atoms with van der Waals surface area (Å²) in [6.45, 7) is 3.36. The van der Waals surface area contributed by atoms with Gasteiger partial charge in [-0.1, -0.05) is 37.6 Å². The van der Waals surface area contributed by atoms with Crippen LogP contribution in [0.3, 0.4) is 0 Å². The normalized spacial score (nSPS) is 13.8. The molecule has 1 unspecified atom stereocenters. The van der Waals surface area contributed by atoms with E-state index in [0.717, 1.165) is 0 Å². The van der Waals surface area contributed by atoms with Crippen LogP contribution in [-0.4, -0.2) is 25.9 Å². The highest BCUT2D eigenvalue weighted by atomic mass is 35.5. The second-order valence-corrected chi connectivity index (χ2v) is 6.81. The van der Waals surface area contributed by atoms with Gasteiger partial charge in [-0.3, -0.25) is 0 Å². The lowest BCUT2D eigenvalue weighted by Crippen LogP contribution is -2.34. The second kappa shape index (κ2) is 6.52. The Balaban J connectivity index is 2.82. The van der Waals surface area contributed by atoms with Crippen LogP contribution in [0.25, 0.3) is 0 Å². The van der Waals surface area contributed by atoms with Crippen LogP contribution in [0, 0.1) is 5.92 Å². The number of rotatable bonds is 6. The van der Waals surface area contributed by atoms with Crippen molar-refractivity contribution < 1.29 is 13.5 Å². The zero-order valence-electron chi connectivity index (χ0n) is 10.4. The van der Waals surface area contributed by atoms with Crippen LogP contribution in [0.2, 0.25) is 5.02 Å². The maximum atomic E-state index is 11.8. The molecule has 0 saturated heterocycles. The predicted molar refractivity (Wildman–Crippen MR) is 73.0 cm³/mol. The molecule has 0 spiro atoms. The Morgan fingerprint density at radius 1 is 1.28 bits per heavy atom. The lowest BCUT2D eigenvalue weighted by atomic mass is 10.1. The first-order valence-corrected chi connectivity index (χ1v) is 7.73. The molecule has 0 heterocycles. The minimum atomic E-state index is -3.39. The molecule has 1 aromatic rings. The summed E-state index contributed by atoms with van der Waals surface area (Å²) in [5.74, 6) is 0.0731. The smallest absolute Gasteiger partial charge is 0.212 e. The van der Waals surface area contributed by atoms with E-state index in [0.29, 0.717) is 10.6 Å². The van der Waals surface area contributed by atoms with Crippen molar-refractivity contribution in [1.82, 2.24) is 4.72 Å². The average molecular weight is 292 g/mol. The zero-order chi connectivity index (χ0) is 13.8. The number of hydrogen-bond donors (Lipinski definition) is 2. The van der Waals surface area contributed by atoms with E-state index in [1.165, 1.54) is 0 Å². The summed E-state index contributed by atoms with van der Waals surface area (Å²) in [6, 6.07) is 6.08. The molecule has 0 radical (unpaired) electrons. The van der Waals surface area contributed by atoms with Gasteiger partial charge in [0.15, 0.2) is 0 Å². The summed E-state index contributed by atoms with van der Waals surface area (Å²) in [6.07, 6.45) is 0. The van der Waals surface area contributed by atoms with Crippen molar-refractivity contribution in [3.05, 3.63) is 34.9 Å². The van der Waals surface area contributed by atoms with Crippen molar-refractivity contribution in [3.63, 3.8) is 0 Å². The second-order valence-electron chi connectivity index (χ2n) is 4.58. The topological polar surface area (TPSA) is 66.4 Å². The number of benzene rings is 1. The molecule has 6 heteroatoms. The molecule has 0 aliphatic rings. The highest BCUT2D eigenvalue weighted by Gasteiger charge is 2.19. The Labute approximate surface area is 113 Å². The molecule has 0 bridgehead atoms. The van der Waals surface area contributed by atoms with Crippen molar-refractivity contribution >= 4 is 21.6 Å². The third-order valence-corrected chi connectivity index (χ3v) is 4.33. The van der Waals surface area contributed by atoms with Gasteiger partial charge in [-0.05, 0) is 23.6 Å². The highest BCUT2D eigenvalue weighted by Crippen LogP contribution is 2.17. The number of aliphatic hydroxyl groups excluding tert-OH is 1. The van der Waals surface area contributed by atoms with E-state index in [4.69, 9.17) is 11.6 Å². The molecule has 0 fully saturated rings. The Morgan fingerprint density at radius 3 is 2.28 bits per heavy atom. The SMILES string of the molecule is CC(C)CS(=O)(=O)NC(CO)c1ccc(Cl)cc1. The largest absolute Gasteiger partial charge is 0.394 e. The quantitative estimate of drug-likeness (QED) is 0.842. The summed E-state index contributed by atoms with van der Waals surface area (Å²) in [4.78, 5) is 0. The van der Waals surface area contributed by atoms with Crippen LogP contribution >= 0.6 is 11.6 Å². The molecule has 0 aliphatic heterocycles. The monoisotopic (exact) mass is 291 g/mol. The molecule has 0 saturated carbocycles. The van der Waals surface area contributed by atoms with E-state index in [2.05, 4.69) is 4.72 Å². The molecule has 2 N–H and O–H groups in total. The van der Waals surface area contributed by atoms with E-state index < -0.39 is 16.1 Å². The number of nitrogens with one attached hydrogen (secondary N) is 1. The molecule has 18 heavy (non-hydrogen) atoms. The van der Waals surface area contributed by atoms with Crippen molar-refractivity contribution in [3.8, 4) is 0 Å². The third kappa shape index (κ3) is 4.94. The summed E-state index contributed by atoms with van der Waals surface area (Å²) >= 11 is 5.76. The van der Waals surface area contributed by atoms with Gasteiger partial charge < -0.3 is 5.11 Å². The van der Waals surface area contributed by atoms with Gasteiger partial charge in [-0.15, -0.1) is 0 Å². The fraction of sp³-hybridized carbons (Fsp3) is 0.500. The number of aliphatic hydroxyl groups is 1. The van der Waals surface area contributed by atoms with E-state index in [1.54, 1.807) is 24.3 Å². The van der Waals surface area contributed by atoms with Gasteiger partial charge in [-0.25, -0.2) is 13.1 Å². The Bertz CT molecular complexity index is 471. The van der Waals surface area contributed by atoms with Crippen LogP contribution < -0.4 is 4.72 Å².